The number of hydrogen-bond donors (Lipinski definition) is 1. The molecule has 2 rings (SSSR count). The SMILES string of the molecule is CCCSCCCN(CCOc1ccc(CC(OCC)C(=O)O)cc1)C(=O)Oc1ccccc1C(F)(F)F. The normalized spacial score (nSPS) is 12.1. The summed E-state index contributed by atoms with van der Waals surface area (Å²) in [6.45, 7) is 4.59. The van der Waals surface area contributed by atoms with E-state index in [4.69, 9.17) is 14.2 Å². The Morgan fingerprint density at radius 3 is 2.37 bits per heavy atom. The van der Waals surface area contributed by atoms with E-state index in [1.54, 1.807) is 43.0 Å². The van der Waals surface area contributed by atoms with Gasteiger partial charge in [-0.1, -0.05) is 31.2 Å². The van der Waals surface area contributed by atoms with Crippen molar-refractivity contribution in [2.45, 2.75) is 45.4 Å². The molecule has 2 aromatic carbocycles. The third-order valence-electron chi connectivity index (χ3n) is 5.33. The lowest BCUT2D eigenvalue weighted by Crippen LogP contribution is -2.38. The minimum atomic E-state index is -4.65. The summed E-state index contributed by atoms with van der Waals surface area (Å²) in [7, 11) is 0. The van der Waals surface area contributed by atoms with Gasteiger partial charge < -0.3 is 24.2 Å². The molecule has 0 bridgehead atoms. The summed E-state index contributed by atoms with van der Waals surface area (Å²) in [6.07, 6.45) is -4.58. The van der Waals surface area contributed by atoms with Crippen molar-refractivity contribution in [1.82, 2.24) is 4.90 Å². The van der Waals surface area contributed by atoms with Gasteiger partial charge in [0.25, 0.3) is 0 Å². The van der Waals surface area contributed by atoms with E-state index in [1.807, 2.05) is 0 Å². The molecule has 0 saturated carbocycles. The summed E-state index contributed by atoms with van der Waals surface area (Å²) in [4.78, 5) is 25.4. The average molecular weight is 558 g/mol. The monoisotopic (exact) mass is 557 g/mol. The second kappa shape index (κ2) is 16.1. The summed E-state index contributed by atoms with van der Waals surface area (Å²) in [5.74, 6) is 0.716. The summed E-state index contributed by atoms with van der Waals surface area (Å²) in [6, 6.07) is 11.4. The number of aliphatic carboxylic acids is 1. The van der Waals surface area contributed by atoms with Gasteiger partial charge in [0.05, 0.1) is 12.1 Å². The molecule has 0 aliphatic carbocycles. The second-order valence-corrected chi connectivity index (χ2v) is 9.52. The van der Waals surface area contributed by atoms with Crippen molar-refractivity contribution in [3.05, 3.63) is 59.7 Å². The Morgan fingerprint density at radius 2 is 1.74 bits per heavy atom. The Hall–Kier alpha value is -2.92. The molecule has 1 N–H and O–H groups in total. The van der Waals surface area contributed by atoms with E-state index >= 15 is 0 Å². The third kappa shape index (κ3) is 10.8. The van der Waals surface area contributed by atoms with Crippen LogP contribution in [0.1, 0.15) is 37.8 Å². The number of alkyl halides is 3. The molecule has 0 aromatic heterocycles. The number of ether oxygens (including phenoxy) is 3. The maximum absolute atomic E-state index is 13.3. The Balaban J connectivity index is 1.99. The van der Waals surface area contributed by atoms with Gasteiger partial charge in [-0.15, -0.1) is 0 Å². The number of para-hydroxylation sites is 1. The van der Waals surface area contributed by atoms with Crippen molar-refractivity contribution in [1.29, 1.82) is 0 Å². The van der Waals surface area contributed by atoms with E-state index in [-0.39, 0.29) is 26.2 Å². The summed E-state index contributed by atoms with van der Waals surface area (Å²) in [5, 5.41) is 9.24. The van der Waals surface area contributed by atoms with E-state index in [0.717, 1.165) is 35.6 Å². The average Bonchev–Trinajstić information content (AvgIpc) is 2.87. The highest BCUT2D eigenvalue weighted by molar-refractivity contribution is 7.99. The number of carboxylic acid groups (broad SMARTS) is 1. The number of benzene rings is 2. The van der Waals surface area contributed by atoms with Crippen LogP contribution in [0.2, 0.25) is 0 Å². The Kier molecular flexibility index (Phi) is 13.3. The Bertz CT molecular complexity index is 1000. The second-order valence-electron chi connectivity index (χ2n) is 8.29. The highest BCUT2D eigenvalue weighted by Crippen LogP contribution is 2.36. The van der Waals surface area contributed by atoms with E-state index in [1.165, 1.54) is 17.0 Å². The number of rotatable bonds is 16. The van der Waals surface area contributed by atoms with Crippen LogP contribution in [0.25, 0.3) is 0 Å². The first kappa shape index (κ1) is 31.3. The number of hydrogen-bond acceptors (Lipinski definition) is 6. The quantitative estimate of drug-likeness (QED) is 0.248. The molecule has 38 heavy (non-hydrogen) atoms. The lowest BCUT2D eigenvalue weighted by Gasteiger charge is -2.23. The number of carbonyl (C=O) groups is 2. The van der Waals surface area contributed by atoms with Gasteiger partial charge in [0.1, 0.15) is 18.1 Å². The predicted molar refractivity (Wildman–Crippen MR) is 140 cm³/mol. The van der Waals surface area contributed by atoms with Crippen LogP contribution < -0.4 is 9.47 Å². The van der Waals surface area contributed by atoms with Crippen molar-refractivity contribution in [3.63, 3.8) is 0 Å². The highest BCUT2D eigenvalue weighted by atomic mass is 32.2. The third-order valence-corrected chi connectivity index (χ3v) is 6.61. The number of halogens is 3. The Morgan fingerprint density at radius 1 is 1.03 bits per heavy atom. The van der Waals surface area contributed by atoms with Crippen LogP contribution >= 0.6 is 11.8 Å². The summed E-state index contributed by atoms with van der Waals surface area (Å²) < 4.78 is 56.1. The van der Waals surface area contributed by atoms with E-state index in [0.29, 0.717) is 18.7 Å². The molecule has 0 saturated heterocycles. The zero-order chi connectivity index (χ0) is 28.0. The Labute approximate surface area is 225 Å². The van der Waals surface area contributed by atoms with Gasteiger partial charge in [-0.05, 0) is 61.1 Å². The van der Waals surface area contributed by atoms with Gasteiger partial charge in [0.2, 0.25) is 0 Å². The molecule has 1 atom stereocenters. The molecule has 0 fully saturated rings. The van der Waals surface area contributed by atoms with Crippen LogP contribution in [0.3, 0.4) is 0 Å². The van der Waals surface area contributed by atoms with Gasteiger partial charge in [-0.3, -0.25) is 0 Å². The molecule has 0 spiro atoms. The van der Waals surface area contributed by atoms with Gasteiger partial charge in [0.15, 0.2) is 6.10 Å². The van der Waals surface area contributed by atoms with Crippen LogP contribution in [0.5, 0.6) is 11.5 Å². The lowest BCUT2D eigenvalue weighted by atomic mass is 10.1. The summed E-state index contributed by atoms with van der Waals surface area (Å²) >= 11 is 1.74. The molecule has 11 heteroatoms. The fourth-order valence-corrected chi connectivity index (χ4v) is 4.30. The maximum atomic E-state index is 13.3. The molecule has 2 aromatic rings. The number of nitrogens with zero attached hydrogens (tertiary/aromatic N) is 1. The minimum absolute atomic E-state index is 0.0914. The highest BCUT2D eigenvalue weighted by Gasteiger charge is 2.35. The summed E-state index contributed by atoms with van der Waals surface area (Å²) in [5.41, 5.74) is -0.256. The smallest absolute Gasteiger partial charge is 0.419 e. The minimum Gasteiger partial charge on any atom is -0.492 e. The van der Waals surface area contributed by atoms with Crippen molar-refractivity contribution in [2.75, 3.05) is 37.8 Å². The predicted octanol–water partition coefficient (Wildman–Crippen LogP) is 6.15. The number of amides is 1. The largest absolute Gasteiger partial charge is 0.492 e. The molecule has 7 nitrogen and oxygen atoms in total. The first-order chi connectivity index (χ1) is 18.2. The zero-order valence-electron chi connectivity index (χ0n) is 21.5. The maximum Gasteiger partial charge on any atom is 0.419 e. The fraction of sp³-hybridized carbons (Fsp3) is 0.481. The van der Waals surface area contributed by atoms with E-state index in [9.17, 15) is 27.9 Å². The van der Waals surface area contributed by atoms with Gasteiger partial charge >= 0.3 is 18.2 Å². The van der Waals surface area contributed by atoms with Crippen LogP contribution in [-0.4, -0.2) is 66.0 Å². The van der Waals surface area contributed by atoms with Crippen molar-refractivity contribution >= 4 is 23.8 Å². The number of thioether (sulfide) groups is 1. The molecule has 0 radical (unpaired) electrons. The van der Waals surface area contributed by atoms with Crippen molar-refractivity contribution in [2.24, 2.45) is 0 Å². The molecule has 0 aliphatic rings. The van der Waals surface area contributed by atoms with Gasteiger partial charge in [-0.2, -0.15) is 24.9 Å². The molecule has 1 amide bonds. The van der Waals surface area contributed by atoms with Gasteiger partial charge in [0, 0.05) is 19.6 Å². The molecule has 0 heterocycles. The van der Waals surface area contributed by atoms with E-state index < -0.39 is 35.7 Å². The topological polar surface area (TPSA) is 85.3 Å². The fourth-order valence-electron chi connectivity index (χ4n) is 3.47. The van der Waals surface area contributed by atoms with Crippen molar-refractivity contribution < 1.29 is 42.1 Å². The van der Waals surface area contributed by atoms with E-state index in [2.05, 4.69) is 6.92 Å². The standard InChI is InChI=1S/C27H34F3NO6S/c1-3-17-38-18-7-14-31(26(34)37-23-9-6-5-8-22(23)27(28,29)30)15-16-36-21-12-10-20(11-13-21)19-24(25(32)33)35-4-2/h5-6,8-13,24H,3-4,7,14-19H2,1-2H3,(H,32,33). The molecule has 0 aliphatic heterocycles. The van der Waals surface area contributed by atoms with Crippen LogP contribution in [0.4, 0.5) is 18.0 Å². The first-order valence-corrected chi connectivity index (χ1v) is 13.6. The van der Waals surface area contributed by atoms with Crippen LogP contribution in [0, 0.1) is 0 Å². The molecular formula is C27H34F3NO6S. The van der Waals surface area contributed by atoms with Crippen molar-refractivity contribution in [3.8, 4) is 11.5 Å². The van der Waals surface area contributed by atoms with Crippen LogP contribution in [0.15, 0.2) is 48.5 Å². The first-order valence-electron chi connectivity index (χ1n) is 12.4. The zero-order valence-corrected chi connectivity index (χ0v) is 22.4. The lowest BCUT2D eigenvalue weighted by molar-refractivity contribution is -0.150. The molecule has 1 unspecified atom stereocenters. The van der Waals surface area contributed by atoms with Gasteiger partial charge in [-0.25, -0.2) is 9.59 Å². The molecule has 210 valence electrons. The van der Waals surface area contributed by atoms with Crippen LogP contribution in [-0.2, 0) is 22.1 Å². The number of carbonyl (C=O) groups excluding carboxylic acids is 1. The molecular weight excluding hydrogens is 523 g/mol. The number of carboxylic acids is 1.